The fourth-order valence-corrected chi connectivity index (χ4v) is 7.02. The fraction of sp³-hybridized carbons (Fsp3) is 0.419. The summed E-state index contributed by atoms with van der Waals surface area (Å²) in [5.74, 6) is -0.509. The molecule has 4 aromatic rings. The summed E-state index contributed by atoms with van der Waals surface area (Å²) in [7, 11) is 0. The van der Waals surface area contributed by atoms with Gasteiger partial charge in [-0.25, -0.2) is 8.78 Å². The van der Waals surface area contributed by atoms with Gasteiger partial charge in [-0.3, -0.25) is 14.7 Å². The van der Waals surface area contributed by atoms with E-state index in [2.05, 4.69) is 25.1 Å². The van der Waals surface area contributed by atoms with Crippen LogP contribution in [0.4, 0.5) is 14.6 Å². The van der Waals surface area contributed by atoms with Gasteiger partial charge in [0, 0.05) is 36.3 Å². The second-order valence-corrected chi connectivity index (χ2v) is 11.4. The third kappa shape index (κ3) is 4.54. The summed E-state index contributed by atoms with van der Waals surface area (Å²) in [4.78, 5) is 29.4. The number of nitrogens with zero attached hydrogens (tertiary/aromatic N) is 5. The molecule has 3 saturated heterocycles. The van der Waals surface area contributed by atoms with Gasteiger partial charge in [0.05, 0.1) is 10.9 Å². The standard InChI is InChI=1S/C31H32F2N6O2/c32-24-8-2-6-20-5-1-7-22(25(20)24)27-26(33)28-23(17-34-27)29(38-15-9-21(10-16-38)35-19-40)37-30(36-28)41-18-31-11-3-13-39(31)14-4-12-31/h1-2,5-8,17,19,21H,3-4,9-16,18H2,(H,35,40). The van der Waals surface area contributed by atoms with Crippen molar-refractivity contribution in [1.82, 2.24) is 25.2 Å². The van der Waals surface area contributed by atoms with Crippen LogP contribution in [0.5, 0.6) is 6.01 Å². The van der Waals surface area contributed by atoms with Gasteiger partial charge in [-0.1, -0.05) is 30.3 Å². The van der Waals surface area contributed by atoms with Crippen molar-refractivity contribution in [3.63, 3.8) is 0 Å². The molecule has 0 saturated carbocycles. The van der Waals surface area contributed by atoms with E-state index in [-0.39, 0.29) is 28.8 Å². The Hall–Kier alpha value is -3.92. The third-order valence-electron chi connectivity index (χ3n) is 9.13. The highest BCUT2D eigenvalue weighted by atomic mass is 19.1. The first kappa shape index (κ1) is 26.0. The van der Waals surface area contributed by atoms with Crippen molar-refractivity contribution in [2.45, 2.75) is 50.1 Å². The van der Waals surface area contributed by atoms with Gasteiger partial charge < -0.3 is 15.0 Å². The lowest BCUT2D eigenvalue weighted by molar-refractivity contribution is -0.110. The maximum atomic E-state index is 16.5. The lowest BCUT2D eigenvalue weighted by atomic mass is 9.95. The molecule has 0 unspecified atom stereocenters. The van der Waals surface area contributed by atoms with E-state index in [1.165, 1.54) is 6.07 Å². The molecule has 7 rings (SSSR count). The number of hydrogen-bond donors (Lipinski definition) is 1. The molecule has 0 atom stereocenters. The Balaban J connectivity index is 1.32. The van der Waals surface area contributed by atoms with Crippen LogP contribution in [0.25, 0.3) is 32.9 Å². The van der Waals surface area contributed by atoms with E-state index in [1.807, 2.05) is 0 Å². The predicted molar refractivity (Wildman–Crippen MR) is 153 cm³/mol. The summed E-state index contributed by atoms with van der Waals surface area (Å²) in [6.07, 6.45) is 8.21. The highest BCUT2D eigenvalue weighted by molar-refractivity contribution is 5.99. The molecule has 5 heterocycles. The van der Waals surface area contributed by atoms with Crippen LogP contribution in [0, 0.1) is 11.6 Å². The summed E-state index contributed by atoms with van der Waals surface area (Å²) < 4.78 is 37.7. The van der Waals surface area contributed by atoms with Crippen molar-refractivity contribution in [2.75, 3.05) is 37.7 Å². The first-order valence-corrected chi connectivity index (χ1v) is 14.4. The van der Waals surface area contributed by atoms with Gasteiger partial charge >= 0.3 is 6.01 Å². The monoisotopic (exact) mass is 558 g/mol. The molecule has 2 aromatic carbocycles. The number of piperidine rings is 1. The molecule has 3 aliphatic heterocycles. The average molecular weight is 559 g/mol. The minimum Gasteiger partial charge on any atom is -0.461 e. The maximum absolute atomic E-state index is 16.5. The number of carbonyl (C=O) groups is 1. The Bertz CT molecular complexity index is 1610. The van der Waals surface area contributed by atoms with E-state index in [9.17, 15) is 9.18 Å². The molecule has 3 aliphatic rings. The number of aromatic nitrogens is 3. The number of rotatable bonds is 7. The Kier molecular flexibility index (Phi) is 6.65. The second kappa shape index (κ2) is 10.5. The topological polar surface area (TPSA) is 83.5 Å². The SMILES string of the molecule is O=CNC1CCN(c2nc(OCC34CCCN3CCC4)nc3c(F)c(-c4cccc5cccc(F)c45)ncc23)CC1. The number of ether oxygens (including phenoxy) is 1. The number of anilines is 1. The summed E-state index contributed by atoms with van der Waals surface area (Å²) in [6.45, 7) is 3.86. The molecular weight excluding hydrogens is 526 g/mol. The summed E-state index contributed by atoms with van der Waals surface area (Å²) in [6, 6.07) is 10.3. The third-order valence-corrected chi connectivity index (χ3v) is 9.13. The largest absolute Gasteiger partial charge is 0.461 e. The van der Waals surface area contributed by atoms with Gasteiger partial charge in [-0.15, -0.1) is 0 Å². The number of amides is 1. The fourth-order valence-electron chi connectivity index (χ4n) is 7.02. The summed E-state index contributed by atoms with van der Waals surface area (Å²) in [5.41, 5.74) is 0.493. The van der Waals surface area contributed by atoms with Gasteiger partial charge in [0.1, 0.15) is 29.5 Å². The quantitative estimate of drug-likeness (QED) is 0.325. The van der Waals surface area contributed by atoms with E-state index < -0.39 is 11.6 Å². The number of hydrogen-bond acceptors (Lipinski definition) is 7. The molecule has 0 aliphatic carbocycles. The zero-order valence-corrected chi connectivity index (χ0v) is 22.8. The number of carbonyl (C=O) groups excluding carboxylic acids is 1. The molecule has 10 heteroatoms. The highest BCUT2D eigenvalue weighted by Crippen LogP contribution is 2.40. The van der Waals surface area contributed by atoms with E-state index in [0.717, 1.165) is 58.0 Å². The molecule has 0 spiro atoms. The van der Waals surface area contributed by atoms with Crippen molar-refractivity contribution < 1.29 is 18.3 Å². The van der Waals surface area contributed by atoms with Crippen LogP contribution in [0.1, 0.15) is 38.5 Å². The normalized spacial score (nSPS) is 19.1. The zero-order chi connectivity index (χ0) is 28.0. The van der Waals surface area contributed by atoms with Crippen LogP contribution in [0.3, 0.4) is 0 Å². The number of fused-ring (bicyclic) bond motifs is 3. The van der Waals surface area contributed by atoms with Gasteiger partial charge in [-0.2, -0.15) is 9.97 Å². The summed E-state index contributed by atoms with van der Waals surface area (Å²) >= 11 is 0. The molecule has 1 N–H and O–H groups in total. The zero-order valence-electron chi connectivity index (χ0n) is 22.8. The van der Waals surface area contributed by atoms with Crippen LogP contribution in [-0.4, -0.2) is 70.6 Å². The van der Waals surface area contributed by atoms with Crippen molar-refractivity contribution in [3.05, 3.63) is 54.2 Å². The Labute approximate surface area is 236 Å². The smallest absolute Gasteiger partial charge is 0.319 e. The number of nitrogens with one attached hydrogen (secondary N) is 1. The molecule has 41 heavy (non-hydrogen) atoms. The molecule has 0 bridgehead atoms. The van der Waals surface area contributed by atoms with E-state index >= 15 is 4.39 Å². The Morgan fingerprint density at radius 1 is 1.02 bits per heavy atom. The van der Waals surface area contributed by atoms with Crippen molar-refractivity contribution in [2.24, 2.45) is 0 Å². The van der Waals surface area contributed by atoms with Crippen molar-refractivity contribution in [3.8, 4) is 17.3 Å². The number of halogens is 2. The molecule has 3 fully saturated rings. The van der Waals surface area contributed by atoms with Gasteiger partial charge in [0.2, 0.25) is 6.41 Å². The van der Waals surface area contributed by atoms with E-state index in [0.29, 0.717) is 47.2 Å². The van der Waals surface area contributed by atoms with Gasteiger partial charge in [-0.05, 0) is 63.1 Å². The van der Waals surface area contributed by atoms with Crippen LogP contribution in [-0.2, 0) is 4.79 Å². The minimum absolute atomic E-state index is 0.0141. The van der Waals surface area contributed by atoms with Crippen LogP contribution in [0.15, 0.2) is 42.6 Å². The number of pyridine rings is 1. The molecular formula is C31H32F2N6O2. The predicted octanol–water partition coefficient (Wildman–Crippen LogP) is 4.85. The minimum atomic E-state index is -0.634. The van der Waals surface area contributed by atoms with Crippen molar-refractivity contribution >= 4 is 33.9 Å². The van der Waals surface area contributed by atoms with E-state index in [1.54, 1.807) is 36.5 Å². The van der Waals surface area contributed by atoms with Gasteiger partial charge in [0.15, 0.2) is 5.82 Å². The molecule has 212 valence electrons. The molecule has 1 amide bonds. The van der Waals surface area contributed by atoms with Crippen LogP contribution < -0.4 is 15.0 Å². The first-order chi connectivity index (χ1) is 20.1. The lowest BCUT2D eigenvalue weighted by Gasteiger charge is -2.33. The van der Waals surface area contributed by atoms with E-state index in [4.69, 9.17) is 9.72 Å². The molecule has 8 nitrogen and oxygen atoms in total. The van der Waals surface area contributed by atoms with Crippen LogP contribution >= 0.6 is 0 Å². The lowest BCUT2D eigenvalue weighted by Crippen LogP contribution is -2.44. The van der Waals surface area contributed by atoms with Crippen molar-refractivity contribution in [1.29, 1.82) is 0 Å². The summed E-state index contributed by atoms with van der Waals surface area (Å²) in [5, 5.41) is 4.32. The first-order valence-electron chi connectivity index (χ1n) is 14.4. The Morgan fingerprint density at radius 2 is 1.78 bits per heavy atom. The Morgan fingerprint density at radius 3 is 2.54 bits per heavy atom. The van der Waals surface area contributed by atoms with Crippen LogP contribution in [0.2, 0.25) is 0 Å². The second-order valence-electron chi connectivity index (χ2n) is 11.4. The molecule has 2 aromatic heterocycles. The van der Waals surface area contributed by atoms with Gasteiger partial charge in [0.25, 0.3) is 0 Å². The average Bonchev–Trinajstić information content (AvgIpc) is 3.57. The highest BCUT2D eigenvalue weighted by Gasteiger charge is 2.45. The maximum Gasteiger partial charge on any atom is 0.319 e. The molecule has 0 radical (unpaired) electrons. The number of benzene rings is 2.